The number of nitrogens with zero attached hydrogens (tertiary/aromatic N) is 2. The van der Waals surface area contributed by atoms with E-state index in [9.17, 15) is 0 Å². The molecule has 0 bridgehead atoms. The third-order valence-corrected chi connectivity index (χ3v) is 16.8. The van der Waals surface area contributed by atoms with E-state index in [0.29, 0.717) is 0 Å². The van der Waals surface area contributed by atoms with Crippen LogP contribution in [0.15, 0.2) is 211 Å². The van der Waals surface area contributed by atoms with E-state index < -0.39 is 5.41 Å². The van der Waals surface area contributed by atoms with Gasteiger partial charge in [-0.25, -0.2) is 0 Å². The Balaban J connectivity index is 1.11. The van der Waals surface area contributed by atoms with E-state index in [1.807, 2.05) is 6.20 Å². The van der Waals surface area contributed by atoms with Crippen molar-refractivity contribution in [2.24, 2.45) is 0 Å². The Morgan fingerprint density at radius 2 is 0.948 bits per heavy atom. The molecule has 12 rings (SSSR count). The maximum absolute atomic E-state index is 7.18. The summed E-state index contributed by atoms with van der Waals surface area (Å²) in [7, 11) is 0. The number of rotatable bonds is 8. The summed E-state index contributed by atoms with van der Waals surface area (Å²) in [5.74, 6) is 0. The number of hydrogen-bond acceptors (Lipinski definition) is 3. The minimum absolute atomic E-state index is 0.0106. The quantitative estimate of drug-likeness (QED) is 0.151. The molecule has 0 N–H and O–H groups in total. The fourth-order valence-electron chi connectivity index (χ4n) is 12.6. The third kappa shape index (κ3) is 8.08. The highest BCUT2D eigenvalue weighted by Crippen LogP contribution is 2.58. The van der Waals surface area contributed by atoms with E-state index >= 15 is 0 Å². The van der Waals surface area contributed by atoms with Gasteiger partial charge in [0.15, 0.2) is 0 Å². The van der Waals surface area contributed by atoms with Crippen LogP contribution in [-0.4, -0.2) is 0 Å². The lowest BCUT2D eigenvalue weighted by Crippen LogP contribution is -2.33. The van der Waals surface area contributed by atoms with E-state index in [2.05, 4.69) is 299 Å². The second-order valence-electron chi connectivity index (χ2n) is 25.1. The van der Waals surface area contributed by atoms with Gasteiger partial charge >= 0.3 is 0 Å². The average molecular weight is 1000 g/mol. The van der Waals surface area contributed by atoms with Crippen LogP contribution in [0.25, 0.3) is 45.2 Å². The van der Waals surface area contributed by atoms with Gasteiger partial charge in [0.05, 0.1) is 16.5 Å². The Bertz CT molecular complexity index is 3830. The largest absolute Gasteiger partial charge is 0.455 e. The molecular weight excluding hydrogens is 933 g/mol. The summed E-state index contributed by atoms with van der Waals surface area (Å²) in [6, 6.07) is 72.8. The zero-order chi connectivity index (χ0) is 53.8. The van der Waals surface area contributed by atoms with Gasteiger partial charge in [-0.15, -0.1) is 0 Å². The van der Waals surface area contributed by atoms with Gasteiger partial charge in [0.25, 0.3) is 0 Å². The van der Waals surface area contributed by atoms with Crippen LogP contribution < -0.4 is 9.80 Å². The minimum atomic E-state index is -0.807. The zero-order valence-corrected chi connectivity index (χ0v) is 46.7. The summed E-state index contributed by atoms with van der Waals surface area (Å²) >= 11 is 0. The molecule has 0 fully saturated rings. The number of anilines is 5. The van der Waals surface area contributed by atoms with Crippen LogP contribution in [-0.2, 0) is 27.1 Å². The predicted molar refractivity (Wildman–Crippen MR) is 328 cm³/mol. The molecule has 0 spiro atoms. The van der Waals surface area contributed by atoms with Crippen LogP contribution in [0.1, 0.15) is 137 Å². The molecule has 2 aliphatic rings. The van der Waals surface area contributed by atoms with Gasteiger partial charge in [0.1, 0.15) is 11.2 Å². The molecule has 9 aromatic carbocycles. The smallest absolute Gasteiger partial charge is 0.145 e. The third-order valence-electron chi connectivity index (χ3n) is 16.8. The fourth-order valence-corrected chi connectivity index (χ4v) is 12.6. The first-order chi connectivity index (χ1) is 36.8. The summed E-state index contributed by atoms with van der Waals surface area (Å²) in [4.78, 5) is 4.69. The SMILES string of the molecule is C=CN(c1ccc(C(C)(C)C)cc1)c1cc2c(c3oc4ccccc4c13)C=Cc1cc3c(cc1C2(c1ccccc1)c1ccccc1)-c1ccc(N(c2ccc(C(C)(C)C)cc2)c2ccc(C(C)(C)C)cc2)cc1C3(C)C. The Labute approximate surface area is 456 Å². The average Bonchev–Trinajstić information content (AvgIpc) is 4.03. The first-order valence-corrected chi connectivity index (χ1v) is 27.4. The Kier molecular flexibility index (Phi) is 11.6. The molecule has 3 heteroatoms. The van der Waals surface area contributed by atoms with E-state index in [1.165, 1.54) is 61.2 Å². The van der Waals surface area contributed by atoms with Crippen molar-refractivity contribution in [3.8, 4) is 11.1 Å². The first kappa shape index (κ1) is 49.7. The van der Waals surface area contributed by atoms with Crippen LogP contribution in [0.5, 0.6) is 0 Å². The number of furan rings is 1. The van der Waals surface area contributed by atoms with Crippen LogP contribution in [0.3, 0.4) is 0 Å². The van der Waals surface area contributed by atoms with Crippen LogP contribution in [0, 0.1) is 0 Å². The molecule has 0 saturated heterocycles. The van der Waals surface area contributed by atoms with Gasteiger partial charge in [-0.05, 0) is 156 Å². The number of fused-ring (bicyclic) bond motifs is 9. The molecule has 0 radical (unpaired) electrons. The van der Waals surface area contributed by atoms with Gasteiger partial charge in [-0.2, -0.15) is 0 Å². The molecule has 3 nitrogen and oxygen atoms in total. The highest BCUT2D eigenvalue weighted by Gasteiger charge is 2.46. The molecule has 0 atom stereocenters. The van der Waals surface area contributed by atoms with Crippen LogP contribution in [0.2, 0.25) is 0 Å². The predicted octanol–water partition coefficient (Wildman–Crippen LogP) is 20.4. The minimum Gasteiger partial charge on any atom is -0.455 e. The standard InChI is InChI=1S/C74H70N2O/c1-13-75(54-35-29-49(30-36-54)70(2,3)4)66-47-65-59(69-68(66)60-26-20-21-27-67(60)77-69)42-28-48-44-63-61(46-62(48)74(65,52-22-16-14-17-23-52)53-24-18-15-19-25-53)58-43-41-57(45-64(58)73(63,11)12)76(55-37-31-50(32-38-55)71(5,6)7)56-39-33-51(34-40-56)72(8,9)10/h13-47H,1H2,2-12H3. The summed E-state index contributed by atoms with van der Waals surface area (Å²) in [5.41, 5.74) is 22.1. The number of hydrogen-bond donors (Lipinski definition) is 0. The lowest BCUT2D eigenvalue weighted by Gasteiger charge is -2.39. The Morgan fingerprint density at radius 1 is 0.455 bits per heavy atom. The monoisotopic (exact) mass is 1000 g/mol. The molecule has 382 valence electrons. The second-order valence-corrected chi connectivity index (χ2v) is 25.1. The van der Waals surface area contributed by atoms with Crippen molar-refractivity contribution in [3.05, 3.63) is 268 Å². The van der Waals surface area contributed by atoms with Crippen molar-refractivity contribution in [1.82, 2.24) is 0 Å². The van der Waals surface area contributed by atoms with Gasteiger partial charge in [-0.1, -0.05) is 216 Å². The molecule has 0 saturated carbocycles. The van der Waals surface area contributed by atoms with E-state index in [4.69, 9.17) is 4.42 Å². The normalized spacial score (nSPS) is 14.4. The first-order valence-electron chi connectivity index (χ1n) is 27.4. The van der Waals surface area contributed by atoms with E-state index in [1.54, 1.807) is 0 Å². The summed E-state index contributed by atoms with van der Waals surface area (Å²) < 4.78 is 7.18. The van der Waals surface area contributed by atoms with Crippen LogP contribution in [0.4, 0.5) is 28.4 Å². The van der Waals surface area contributed by atoms with Gasteiger partial charge in [-0.3, -0.25) is 0 Å². The van der Waals surface area contributed by atoms with E-state index in [0.717, 1.165) is 61.5 Å². The molecule has 10 aromatic rings. The number of benzene rings is 9. The van der Waals surface area contributed by atoms with E-state index in [-0.39, 0.29) is 21.7 Å². The van der Waals surface area contributed by atoms with Crippen molar-refractivity contribution in [1.29, 1.82) is 0 Å². The highest BCUT2D eigenvalue weighted by molar-refractivity contribution is 6.16. The van der Waals surface area contributed by atoms with Crippen molar-refractivity contribution in [2.45, 2.75) is 103 Å². The maximum atomic E-state index is 7.18. The summed E-state index contributed by atoms with van der Waals surface area (Å²) in [6.45, 7) is 29.8. The van der Waals surface area contributed by atoms with Gasteiger partial charge in [0.2, 0.25) is 0 Å². The summed E-state index contributed by atoms with van der Waals surface area (Å²) in [6.07, 6.45) is 6.66. The molecule has 1 heterocycles. The molecule has 0 amide bonds. The van der Waals surface area contributed by atoms with Crippen molar-refractivity contribution in [3.63, 3.8) is 0 Å². The Hall–Kier alpha value is -8.14. The maximum Gasteiger partial charge on any atom is 0.145 e. The van der Waals surface area contributed by atoms with Crippen molar-refractivity contribution in [2.75, 3.05) is 9.80 Å². The van der Waals surface area contributed by atoms with Crippen LogP contribution >= 0.6 is 0 Å². The number of para-hydroxylation sites is 1. The molecule has 1 aromatic heterocycles. The molecular formula is C74H70N2O. The Morgan fingerprint density at radius 3 is 1.48 bits per heavy atom. The summed E-state index contributed by atoms with van der Waals surface area (Å²) in [5, 5.41) is 2.13. The lowest BCUT2D eigenvalue weighted by molar-refractivity contribution is 0.590. The molecule has 77 heavy (non-hydrogen) atoms. The molecule has 0 unspecified atom stereocenters. The van der Waals surface area contributed by atoms with Gasteiger partial charge < -0.3 is 14.2 Å². The van der Waals surface area contributed by atoms with Crippen molar-refractivity contribution < 1.29 is 4.42 Å². The van der Waals surface area contributed by atoms with Gasteiger partial charge in [0, 0.05) is 45.3 Å². The topological polar surface area (TPSA) is 19.6 Å². The highest BCUT2D eigenvalue weighted by atomic mass is 16.3. The lowest BCUT2D eigenvalue weighted by atomic mass is 9.62. The zero-order valence-electron chi connectivity index (χ0n) is 46.7. The molecule has 0 aliphatic heterocycles. The molecule has 2 aliphatic carbocycles. The van der Waals surface area contributed by atoms with Crippen molar-refractivity contribution >= 4 is 62.5 Å². The fraction of sp³-hybridized carbons (Fsp3) is 0.216. The second kappa shape index (κ2) is 18.0.